The van der Waals surface area contributed by atoms with Crippen molar-refractivity contribution in [3.63, 3.8) is 0 Å². The number of benzene rings is 2. The second-order valence-corrected chi connectivity index (χ2v) is 12.1. The van der Waals surface area contributed by atoms with Gasteiger partial charge in [0.2, 0.25) is 16.0 Å². The van der Waals surface area contributed by atoms with E-state index < -0.39 is 10.0 Å². The summed E-state index contributed by atoms with van der Waals surface area (Å²) >= 11 is 0. The van der Waals surface area contributed by atoms with Gasteiger partial charge >= 0.3 is 0 Å². The van der Waals surface area contributed by atoms with Gasteiger partial charge in [0.1, 0.15) is 17.9 Å². The van der Waals surface area contributed by atoms with Crippen LogP contribution in [0.3, 0.4) is 0 Å². The molecule has 2 aliphatic rings. The summed E-state index contributed by atoms with van der Waals surface area (Å²) < 4.78 is 54.5. The van der Waals surface area contributed by atoms with Crippen LogP contribution >= 0.6 is 0 Å². The van der Waals surface area contributed by atoms with Crippen molar-refractivity contribution in [3.8, 4) is 34.6 Å². The minimum absolute atomic E-state index is 0.00416. The van der Waals surface area contributed by atoms with Crippen LogP contribution in [0.2, 0.25) is 0 Å². The Balaban J connectivity index is 1.20. The number of hydrogen-bond donors (Lipinski definition) is 1. The van der Waals surface area contributed by atoms with E-state index in [1.54, 1.807) is 42.6 Å². The number of nitrogens with zero attached hydrogens (tertiary/aromatic N) is 4. The number of anilines is 2. The van der Waals surface area contributed by atoms with Gasteiger partial charge in [-0.3, -0.25) is 0 Å². The molecule has 2 aromatic carbocycles. The van der Waals surface area contributed by atoms with Crippen molar-refractivity contribution >= 4 is 21.7 Å². The third-order valence-corrected chi connectivity index (χ3v) is 9.06. The maximum absolute atomic E-state index is 12.5. The number of aromatic nitrogens is 2. The molecule has 0 radical (unpaired) electrons. The maximum atomic E-state index is 12.5. The van der Waals surface area contributed by atoms with Crippen molar-refractivity contribution in [2.75, 3.05) is 64.3 Å². The SMILES string of the molecule is COc1cc(Nc2nccc(-c3ccc(OC4CCOCC4)c(C#N)c3)n2)ccc1OCCCS(=O)(=O)N1CCOCC1. The van der Waals surface area contributed by atoms with Crippen LogP contribution in [-0.2, 0) is 19.5 Å². The zero-order chi connectivity index (χ0) is 30.1. The van der Waals surface area contributed by atoms with Gasteiger partial charge in [0.15, 0.2) is 11.5 Å². The Labute approximate surface area is 251 Å². The third kappa shape index (κ3) is 8.11. The summed E-state index contributed by atoms with van der Waals surface area (Å²) in [7, 11) is -1.80. The topological polar surface area (TPSA) is 145 Å². The molecule has 5 rings (SSSR count). The lowest BCUT2D eigenvalue weighted by molar-refractivity contribution is 0.0254. The van der Waals surface area contributed by atoms with Crippen LogP contribution in [-0.4, -0.2) is 87.8 Å². The Morgan fingerprint density at radius 3 is 2.56 bits per heavy atom. The standard InChI is InChI=1S/C30H35N5O7S/c1-38-29-20-24(4-6-28(29)41-13-2-18-43(36,37)35-11-16-40-17-12-35)33-30-32-10-7-26(34-30)22-3-5-27(23(19-22)21-31)42-25-8-14-39-15-9-25/h3-7,10,19-20,25H,2,8-9,11-18H2,1H3,(H,32,33,34). The fourth-order valence-electron chi connectivity index (χ4n) is 4.80. The van der Waals surface area contributed by atoms with Gasteiger partial charge in [0, 0.05) is 49.4 Å². The molecule has 0 amide bonds. The Kier molecular flexibility index (Phi) is 10.3. The molecule has 0 unspecified atom stereocenters. The van der Waals surface area contributed by atoms with E-state index in [1.165, 1.54) is 11.4 Å². The van der Waals surface area contributed by atoms with E-state index >= 15 is 0 Å². The molecule has 2 fully saturated rings. The highest BCUT2D eigenvalue weighted by Crippen LogP contribution is 2.32. The number of rotatable bonds is 12. The van der Waals surface area contributed by atoms with Crippen LogP contribution in [0.4, 0.5) is 11.6 Å². The number of methoxy groups -OCH3 is 1. The summed E-state index contributed by atoms with van der Waals surface area (Å²) in [4.78, 5) is 8.96. The second kappa shape index (κ2) is 14.5. The van der Waals surface area contributed by atoms with Crippen LogP contribution in [0.25, 0.3) is 11.3 Å². The third-order valence-electron chi connectivity index (χ3n) is 7.10. The smallest absolute Gasteiger partial charge is 0.227 e. The van der Waals surface area contributed by atoms with Gasteiger partial charge in [0.25, 0.3) is 0 Å². The maximum Gasteiger partial charge on any atom is 0.227 e. The Morgan fingerprint density at radius 1 is 1.02 bits per heavy atom. The van der Waals surface area contributed by atoms with E-state index in [2.05, 4.69) is 21.4 Å². The molecule has 0 aliphatic carbocycles. The molecule has 2 aliphatic heterocycles. The lowest BCUT2D eigenvalue weighted by Crippen LogP contribution is -2.42. The summed E-state index contributed by atoms with van der Waals surface area (Å²) in [6, 6.07) is 14.8. The van der Waals surface area contributed by atoms with Crippen LogP contribution in [0.1, 0.15) is 24.8 Å². The van der Waals surface area contributed by atoms with Gasteiger partial charge in [-0.1, -0.05) is 0 Å². The van der Waals surface area contributed by atoms with Crippen molar-refractivity contribution < 1.29 is 32.1 Å². The number of morpholine rings is 1. The van der Waals surface area contributed by atoms with E-state index in [0.717, 1.165) is 18.4 Å². The fourth-order valence-corrected chi connectivity index (χ4v) is 6.25. The minimum Gasteiger partial charge on any atom is -0.493 e. The van der Waals surface area contributed by atoms with Crippen LogP contribution in [0, 0.1) is 11.3 Å². The minimum atomic E-state index is -3.34. The van der Waals surface area contributed by atoms with E-state index in [-0.39, 0.29) is 18.5 Å². The first-order valence-electron chi connectivity index (χ1n) is 14.2. The molecule has 0 saturated carbocycles. The Bertz CT molecular complexity index is 1530. The lowest BCUT2D eigenvalue weighted by Gasteiger charge is -2.26. The normalized spacial score (nSPS) is 16.3. The molecule has 1 aromatic heterocycles. The first kappa shape index (κ1) is 30.5. The highest BCUT2D eigenvalue weighted by molar-refractivity contribution is 7.89. The summed E-state index contributed by atoms with van der Waals surface area (Å²) in [6.07, 6.45) is 3.62. The summed E-state index contributed by atoms with van der Waals surface area (Å²) in [5.41, 5.74) is 2.52. The largest absolute Gasteiger partial charge is 0.493 e. The zero-order valence-electron chi connectivity index (χ0n) is 24.0. The van der Waals surface area contributed by atoms with E-state index in [0.29, 0.717) is 86.1 Å². The number of nitrogens with one attached hydrogen (secondary N) is 1. The molecular weight excluding hydrogens is 574 g/mol. The van der Waals surface area contributed by atoms with Gasteiger partial charge in [-0.25, -0.2) is 18.4 Å². The average molecular weight is 610 g/mol. The van der Waals surface area contributed by atoms with Gasteiger partial charge in [-0.05, 0) is 42.8 Å². The molecule has 13 heteroatoms. The molecule has 3 heterocycles. The van der Waals surface area contributed by atoms with E-state index in [1.807, 2.05) is 6.07 Å². The highest BCUT2D eigenvalue weighted by atomic mass is 32.2. The molecule has 12 nitrogen and oxygen atoms in total. The molecular formula is C30H35N5O7S. The van der Waals surface area contributed by atoms with Gasteiger partial charge in [-0.15, -0.1) is 0 Å². The Hall–Kier alpha value is -3.96. The van der Waals surface area contributed by atoms with Crippen molar-refractivity contribution in [2.45, 2.75) is 25.4 Å². The molecule has 3 aromatic rings. The van der Waals surface area contributed by atoms with Crippen LogP contribution < -0.4 is 19.5 Å². The number of nitriles is 1. The number of ether oxygens (including phenoxy) is 5. The molecule has 2 saturated heterocycles. The summed E-state index contributed by atoms with van der Waals surface area (Å²) in [6.45, 7) is 3.15. The van der Waals surface area contributed by atoms with Gasteiger partial charge < -0.3 is 29.0 Å². The van der Waals surface area contributed by atoms with E-state index in [9.17, 15) is 13.7 Å². The summed E-state index contributed by atoms with van der Waals surface area (Å²) in [5.74, 6) is 1.90. The molecule has 1 N–H and O–H groups in total. The van der Waals surface area contributed by atoms with Crippen molar-refractivity contribution in [1.29, 1.82) is 5.26 Å². The summed E-state index contributed by atoms with van der Waals surface area (Å²) in [5, 5.41) is 12.9. The van der Waals surface area contributed by atoms with Gasteiger partial charge in [0.05, 0.1) is 57.2 Å². The second-order valence-electron chi connectivity index (χ2n) is 10.0. The molecule has 43 heavy (non-hydrogen) atoms. The van der Waals surface area contributed by atoms with E-state index in [4.69, 9.17) is 23.7 Å². The fraction of sp³-hybridized carbons (Fsp3) is 0.433. The average Bonchev–Trinajstić information content (AvgIpc) is 3.04. The van der Waals surface area contributed by atoms with Crippen molar-refractivity contribution in [1.82, 2.24) is 14.3 Å². The monoisotopic (exact) mass is 609 g/mol. The quantitative estimate of drug-likeness (QED) is 0.300. The van der Waals surface area contributed by atoms with Crippen molar-refractivity contribution in [3.05, 3.63) is 54.2 Å². The number of hydrogen-bond acceptors (Lipinski definition) is 11. The number of sulfonamides is 1. The Morgan fingerprint density at radius 2 is 1.79 bits per heavy atom. The molecule has 228 valence electrons. The molecule has 0 spiro atoms. The highest BCUT2D eigenvalue weighted by Gasteiger charge is 2.24. The first-order chi connectivity index (χ1) is 20.9. The zero-order valence-corrected chi connectivity index (χ0v) is 24.8. The molecule has 0 bridgehead atoms. The molecule has 0 atom stereocenters. The van der Waals surface area contributed by atoms with Crippen LogP contribution in [0.5, 0.6) is 17.2 Å². The van der Waals surface area contributed by atoms with Gasteiger partial charge in [-0.2, -0.15) is 9.57 Å². The first-order valence-corrected chi connectivity index (χ1v) is 15.8. The predicted molar refractivity (Wildman–Crippen MR) is 159 cm³/mol. The van der Waals surface area contributed by atoms with Crippen molar-refractivity contribution in [2.24, 2.45) is 0 Å². The van der Waals surface area contributed by atoms with Crippen LogP contribution in [0.15, 0.2) is 48.7 Å². The lowest BCUT2D eigenvalue weighted by atomic mass is 10.1. The predicted octanol–water partition coefficient (Wildman–Crippen LogP) is 3.76.